The first-order valence-electron chi connectivity index (χ1n) is 11.1. The summed E-state index contributed by atoms with van der Waals surface area (Å²) in [5, 5.41) is 7.82. The Morgan fingerprint density at radius 3 is 2.44 bits per heavy atom. The molecule has 7 nitrogen and oxygen atoms in total. The van der Waals surface area contributed by atoms with Crippen molar-refractivity contribution in [1.29, 1.82) is 0 Å². The van der Waals surface area contributed by atoms with Gasteiger partial charge < -0.3 is 14.7 Å². The Kier molecular flexibility index (Phi) is 8.90. The molecule has 2 aromatic rings. The van der Waals surface area contributed by atoms with Crippen LogP contribution in [0, 0.1) is 0 Å². The molecule has 186 valence electrons. The number of aliphatic carboxylic acids is 1. The highest BCUT2D eigenvalue weighted by molar-refractivity contribution is 7.13. The maximum atomic E-state index is 12.7. The second-order valence-corrected chi connectivity index (χ2v) is 9.26. The van der Waals surface area contributed by atoms with Crippen molar-refractivity contribution in [1.82, 2.24) is 14.8 Å². The Balaban J connectivity index is 0.000000406. The van der Waals surface area contributed by atoms with E-state index in [9.17, 15) is 18.0 Å². The number of carbonyl (C=O) groups is 2. The van der Waals surface area contributed by atoms with Gasteiger partial charge in [0.15, 0.2) is 5.01 Å². The van der Waals surface area contributed by atoms with Gasteiger partial charge in [0, 0.05) is 44.0 Å². The number of nitrogens with zero attached hydrogens (tertiary/aromatic N) is 3. The van der Waals surface area contributed by atoms with Crippen molar-refractivity contribution in [3.63, 3.8) is 0 Å². The summed E-state index contributed by atoms with van der Waals surface area (Å²) in [6, 6.07) is 8.28. The monoisotopic (exact) mass is 499 g/mol. The third kappa shape index (κ3) is 7.17. The van der Waals surface area contributed by atoms with Crippen molar-refractivity contribution < 1.29 is 32.6 Å². The zero-order chi connectivity index (χ0) is 24.7. The van der Waals surface area contributed by atoms with Crippen LogP contribution < -0.4 is 4.74 Å². The van der Waals surface area contributed by atoms with Gasteiger partial charge >= 0.3 is 12.1 Å². The first kappa shape index (κ1) is 26.0. The summed E-state index contributed by atoms with van der Waals surface area (Å²) >= 11 is 1.62. The summed E-state index contributed by atoms with van der Waals surface area (Å²) in [5.41, 5.74) is 2.40. The van der Waals surface area contributed by atoms with Gasteiger partial charge in [-0.15, -0.1) is 11.3 Å². The number of likely N-dealkylation sites (tertiary alicyclic amines) is 1. The lowest BCUT2D eigenvalue weighted by Gasteiger charge is -2.25. The van der Waals surface area contributed by atoms with Gasteiger partial charge in [0.1, 0.15) is 5.75 Å². The highest BCUT2D eigenvalue weighted by atomic mass is 32.1. The Morgan fingerprint density at radius 2 is 1.79 bits per heavy atom. The van der Waals surface area contributed by atoms with Crippen LogP contribution in [0.2, 0.25) is 0 Å². The van der Waals surface area contributed by atoms with Crippen LogP contribution in [-0.4, -0.2) is 71.2 Å². The first-order chi connectivity index (χ1) is 16.2. The molecular formula is C23H28F3N3O4S. The second kappa shape index (κ2) is 11.7. The number of ether oxygens (including phenoxy) is 1. The van der Waals surface area contributed by atoms with Crippen LogP contribution in [-0.2, 0) is 24.2 Å². The molecule has 4 rings (SSSR count). The Hall–Kier alpha value is -2.66. The number of carboxylic acid groups (broad SMARTS) is 1. The minimum atomic E-state index is -5.08. The molecular weight excluding hydrogens is 471 g/mol. The van der Waals surface area contributed by atoms with Gasteiger partial charge in [-0.1, -0.05) is 12.1 Å². The molecule has 3 heterocycles. The minimum Gasteiger partial charge on any atom is -0.497 e. The van der Waals surface area contributed by atoms with E-state index in [0.717, 1.165) is 69.9 Å². The average molecular weight is 500 g/mol. The van der Waals surface area contributed by atoms with Gasteiger partial charge in [-0.05, 0) is 43.4 Å². The number of rotatable bonds is 4. The predicted octanol–water partition coefficient (Wildman–Crippen LogP) is 4.01. The summed E-state index contributed by atoms with van der Waals surface area (Å²) in [4.78, 5) is 32.1. The molecule has 1 saturated heterocycles. The molecule has 0 aliphatic carbocycles. The smallest absolute Gasteiger partial charge is 0.490 e. The van der Waals surface area contributed by atoms with Crippen LogP contribution in [0.25, 0.3) is 0 Å². The summed E-state index contributed by atoms with van der Waals surface area (Å²) < 4.78 is 37.1. The van der Waals surface area contributed by atoms with Gasteiger partial charge in [-0.2, -0.15) is 13.2 Å². The maximum absolute atomic E-state index is 12.7. The van der Waals surface area contributed by atoms with Crippen LogP contribution >= 0.6 is 11.3 Å². The topological polar surface area (TPSA) is 83.0 Å². The van der Waals surface area contributed by atoms with Crippen LogP contribution in [0.3, 0.4) is 0 Å². The number of fused-ring (bicyclic) bond motifs is 1. The molecule has 2 aliphatic heterocycles. The number of benzene rings is 1. The maximum Gasteiger partial charge on any atom is 0.490 e. The van der Waals surface area contributed by atoms with E-state index in [1.807, 2.05) is 17.0 Å². The summed E-state index contributed by atoms with van der Waals surface area (Å²) in [6.07, 6.45) is 0.292. The van der Waals surface area contributed by atoms with Gasteiger partial charge in [0.2, 0.25) is 0 Å². The molecule has 0 atom stereocenters. The molecule has 1 aromatic carbocycles. The second-order valence-electron chi connectivity index (χ2n) is 8.17. The molecule has 1 aromatic heterocycles. The van der Waals surface area contributed by atoms with E-state index >= 15 is 0 Å². The van der Waals surface area contributed by atoms with Crippen molar-refractivity contribution in [3.8, 4) is 5.75 Å². The lowest BCUT2D eigenvalue weighted by atomic mass is 10.1. The number of aromatic nitrogens is 1. The summed E-state index contributed by atoms with van der Waals surface area (Å²) in [6.45, 7) is 4.68. The van der Waals surface area contributed by atoms with E-state index in [2.05, 4.69) is 17.0 Å². The zero-order valence-corrected chi connectivity index (χ0v) is 19.8. The van der Waals surface area contributed by atoms with Crippen LogP contribution in [0.5, 0.6) is 5.75 Å². The number of methoxy groups -OCH3 is 1. The average Bonchev–Trinajstić information content (AvgIpc) is 3.15. The zero-order valence-electron chi connectivity index (χ0n) is 18.9. The van der Waals surface area contributed by atoms with Gasteiger partial charge in [0.05, 0.1) is 12.8 Å². The van der Waals surface area contributed by atoms with E-state index < -0.39 is 12.1 Å². The fourth-order valence-electron chi connectivity index (χ4n) is 3.92. The minimum absolute atomic E-state index is 0.140. The number of thiazole rings is 1. The fraction of sp³-hybridized carbons (Fsp3) is 0.522. The summed E-state index contributed by atoms with van der Waals surface area (Å²) in [5.74, 6) is -1.71. The Labute approximate surface area is 200 Å². The van der Waals surface area contributed by atoms with E-state index in [-0.39, 0.29) is 5.91 Å². The van der Waals surface area contributed by atoms with E-state index in [1.165, 1.54) is 16.9 Å². The van der Waals surface area contributed by atoms with Crippen molar-refractivity contribution >= 4 is 23.2 Å². The van der Waals surface area contributed by atoms with Crippen molar-refractivity contribution in [2.75, 3.05) is 33.3 Å². The quantitative estimate of drug-likeness (QED) is 0.685. The number of amides is 1. The van der Waals surface area contributed by atoms with E-state index in [1.54, 1.807) is 18.4 Å². The number of carboxylic acids is 1. The molecule has 34 heavy (non-hydrogen) atoms. The molecule has 1 amide bonds. The largest absolute Gasteiger partial charge is 0.497 e. The molecule has 1 N–H and O–H groups in total. The first-order valence-corrected chi connectivity index (χ1v) is 11.9. The molecule has 1 fully saturated rings. The number of hydrogen-bond acceptors (Lipinski definition) is 6. The lowest BCUT2D eigenvalue weighted by Crippen LogP contribution is -2.35. The van der Waals surface area contributed by atoms with Crippen LogP contribution in [0.15, 0.2) is 24.3 Å². The lowest BCUT2D eigenvalue weighted by molar-refractivity contribution is -0.192. The molecule has 0 spiro atoms. The van der Waals surface area contributed by atoms with Crippen LogP contribution in [0.4, 0.5) is 13.2 Å². The third-order valence-electron chi connectivity index (χ3n) is 5.71. The molecule has 0 saturated carbocycles. The highest BCUT2D eigenvalue weighted by Gasteiger charge is 2.38. The van der Waals surface area contributed by atoms with Gasteiger partial charge in [0.25, 0.3) is 5.91 Å². The number of halogens is 3. The number of hydrogen-bond donors (Lipinski definition) is 1. The Bertz CT molecular complexity index is 965. The standard InChI is InChI=1S/C21H27N3O2S.C2HF3O2/c1-26-17-7-5-6-16(14-17)15-23-12-8-18-19(9-13-23)27-20(22-18)21(25)24-10-3-2-4-11-24;3-2(4,5)1(6)7/h5-7,14H,2-4,8-13,15H2,1H3;(H,6,7). The third-order valence-corrected chi connectivity index (χ3v) is 6.85. The van der Waals surface area contributed by atoms with E-state index in [4.69, 9.17) is 19.6 Å². The Morgan fingerprint density at radius 1 is 1.12 bits per heavy atom. The normalized spacial score (nSPS) is 16.6. The molecule has 11 heteroatoms. The SMILES string of the molecule is COc1cccc(CN2CCc3nc(C(=O)N4CCCCC4)sc3CC2)c1.O=C(O)C(F)(F)F. The van der Waals surface area contributed by atoms with Crippen LogP contribution in [0.1, 0.15) is 45.2 Å². The molecule has 2 aliphatic rings. The number of alkyl halides is 3. The fourth-order valence-corrected chi connectivity index (χ4v) is 4.98. The summed E-state index contributed by atoms with van der Waals surface area (Å²) in [7, 11) is 1.71. The predicted molar refractivity (Wildman–Crippen MR) is 121 cm³/mol. The molecule has 0 bridgehead atoms. The van der Waals surface area contributed by atoms with Crippen molar-refractivity contribution in [2.45, 2.75) is 44.8 Å². The molecule has 0 radical (unpaired) electrons. The van der Waals surface area contributed by atoms with Crippen molar-refractivity contribution in [2.24, 2.45) is 0 Å². The van der Waals surface area contributed by atoms with Gasteiger partial charge in [-0.3, -0.25) is 9.69 Å². The highest BCUT2D eigenvalue weighted by Crippen LogP contribution is 2.26. The van der Waals surface area contributed by atoms with E-state index in [0.29, 0.717) is 5.01 Å². The van der Waals surface area contributed by atoms with Crippen molar-refractivity contribution in [3.05, 3.63) is 45.4 Å². The molecule has 0 unspecified atom stereocenters. The number of piperidine rings is 1. The van der Waals surface area contributed by atoms with Gasteiger partial charge in [-0.25, -0.2) is 9.78 Å². The number of carbonyl (C=O) groups excluding carboxylic acids is 1.